The number of oxime groups is 1. The van der Waals surface area contributed by atoms with Gasteiger partial charge in [-0.25, -0.2) is 4.39 Å². The molecule has 1 aromatic carbocycles. The SMILES string of the molecule is O=C(NCc1cccs1)C1CC(c2cccc(F)c2)=NO1. The van der Waals surface area contributed by atoms with Crippen LogP contribution in [0.5, 0.6) is 0 Å². The molecule has 2 heterocycles. The number of hydrogen-bond acceptors (Lipinski definition) is 4. The zero-order chi connectivity index (χ0) is 14.7. The summed E-state index contributed by atoms with van der Waals surface area (Å²) in [4.78, 5) is 18.2. The van der Waals surface area contributed by atoms with Gasteiger partial charge in [0.1, 0.15) is 5.82 Å². The number of amides is 1. The van der Waals surface area contributed by atoms with Crippen LogP contribution in [0, 0.1) is 5.82 Å². The Kier molecular flexibility index (Phi) is 3.96. The number of hydrogen-bond donors (Lipinski definition) is 1. The predicted octanol–water partition coefficient (Wildman–Crippen LogP) is 2.70. The lowest BCUT2D eigenvalue weighted by atomic mass is 10.0. The number of halogens is 1. The summed E-state index contributed by atoms with van der Waals surface area (Å²) >= 11 is 1.58. The van der Waals surface area contributed by atoms with Gasteiger partial charge >= 0.3 is 0 Å². The molecule has 1 atom stereocenters. The molecule has 2 aromatic rings. The highest BCUT2D eigenvalue weighted by Crippen LogP contribution is 2.18. The number of carbonyl (C=O) groups excluding carboxylic acids is 1. The molecule has 1 N–H and O–H groups in total. The average molecular weight is 304 g/mol. The smallest absolute Gasteiger partial charge is 0.264 e. The maximum absolute atomic E-state index is 13.2. The molecular formula is C15H13FN2O2S. The molecular weight excluding hydrogens is 291 g/mol. The van der Waals surface area contributed by atoms with Gasteiger partial charge in [-0.2, -0.15) is 0 Å². The van der Waals surface area contributed by atoms with E-state index in [2.05, 4.69) is 10.5 Å². The number of thiophene rings is 1. The van der Waals surface area contributed by atoms with E-state index in [1.54, 1.807) is 23.5 Å². The van der Waals surface area contributed by atoms with Crippen LogP contribution < -0.4 is 5.32 Å². The summed E-state index contributed by atoms with van der Waals surface area (Å²) in [5.74, 6) is -0.542. The van der Waals surface area contributed by atoms with Gasteiger partial charge in [-0.1, -0.05) is 23.4 Å². The minimum Gasteiger partial charge on any atom is -0.382 e. The number of benzene rings is 1. The Morgan fingerprint density at radius 2 is 2.33 bits per heavy atom. The van der Waals surface area contributed by atoms with E-state index < -0.39 is 6.10 Å². The molecule has 1 aliphatic heterocycles. The Morgan fingerprint density at radius 1 is 1.43 bits per heavy atom. The van der Waals surface area contributed by atoms with Gasteiger partial charge in [0.15, 0.2) is 0 Å². The van der Waals surface area contributed by atoms with E-state index in [1.807, 2.05) is 17.5 Å². The fourth-order valence-electron chi connectivity index (χ4n) is 2.06. The van der Waals surface area contributed by atoms with Crippen molar-refractivity contribution < 1.29 is 14.0 Å². The zero-order valence-electron chi connectivity index (χ0n) is 11.1. The molecule has 0 aliphatic carbocycles. The fourth-order valence-corrected chi connectivity index (χ4v) is 2.70. The van der Waals surface area contributed by atoms with E-state index in [-0.39, 0.29) is 11.7 Å². The maximum Gasteiger partial charge on any atom is 0.264 e. The molecule has 1 aliphatic rings. The monoisotopic (exact) mass is 304 g/mol. The minimum atomic E-state index is -0.650. The molecule has 1 aromatic heterocycles. The molecule has 4 nitrogen and oxygen atoms in total. The van der Waals surface area contributed by atoms with Gasteiger partial charge in [0.25, 0.3) is 5.91 Å². The molecule has 0 radical (unpaired) electrons. The molecule has 21 heavy (non-hydrogen) atoms. The van der Waals surface area contributed by atoms with Gasteiger partial charge in [0.05, 0.1) is 12.3 Å². The third-order valence-corrected chi connectivity index (χ3v) is 4.01. The topological polar surface area (TPSA) is 50.7 Å². The number of rotatable bonds is 4. The predicted molar refractivity (Wildman–Crippen MR) is 78.6 cm³/mol. The van der Waals surface area contributed by atoms with E-state index in [0.29, 0.717) is 24.2 Å². The number of carbonyl (C=O) groups is 1. The minimum absolute atomic E-state index is 0.210. The van der Waals surface area contributed by atoms with Crippen molar-refractivity contribution in [2.75, 3.05) is 0 Å². The van der Waals surface area contributed by atoms with Crippen LogP contribution in [0.25, 0.3) is 0 Å². The first-order valence-electron chi connectivity index (χ1n) is 6.51. The first kappa shape index (κ1) is 13.8. The highest BCUT2D eigenvalue weighted by Gasteiger charge is 2.28. The van der Waals surface area contributed by atoms with Crippen molar-refractivity contribution in [1.29, 1.82) is 0 Å². The molecule has 1 unspecified atom stereocenters. The van der Waals surface area contributed by atoms with Gasteiger partial charge in [-0.05, 0) is 23.6 Å². The molecule has 3 rings (SSSR count). The van der Waals surface area contributed by atoms with Crippen molar-refractivity contribution in [1.82, 2.24) is 5.32 Å². The van der Waals surface area contributed by atoms with E-state index in [0.717, 1.165) is 4.88 Å². The molecule has 0 saturated carbocycles. The first-order chi connectivity index (χ1) is 10.2. The van der Waals surface area contributed by atoms with Crippen LogP contribution >= 0.6 is 11.3 Å². The molecule has 0 bridgehead atoms. The van der Waals surface area contributed by atoms with Crippen molar-refractivity contribution in [2.24, 2.45) is 5.16 Å². The highest BCUT2D eigenvalue weighted by molar-refractivity contribution is 7.09. The summed E-state index contributed by atoms with van der Waals surface area (Å²) in [6.45, 7) is 0.478. The van der Waals surface area contributed by atoms with Crippen LogP contribution in [0.15, 0.2) is 46.9 Å². The van der Waals surface area contributed by atoms with Crippen LogP contribution in [-0.4, -0.2) is 17.7 Å². The van der Waals surface area contributed by atoms with Crippen LogP contribution in [0.2, 0.25) is 0 Å². The molecule has 0 spiro atoms. The van der Waals surface area contributed by atoms with Crippen LogP contribution in [0.3, 0.4) is 0 Å². The molecule has 6 heteroatoms. The molecule has 1 amide bonds. The van der Waals surface area contributed by atoms with Gasteiger partial charge < -0.3 is 10.2 Å². The lowest BCUT2D eigenvalue weighted by molar-refractivity contribution is -0.131. The second-order valence-electron chi connectivity index (χ2n) is 4.64. The first-order valence-corrected chi connectivity index (χ1v) is 7.39. The Labute approximate surface area is 125 Å². The summed E-state index contributed by atoms with van der Waals surface area (Å²) in [5.41, 5.74) is 1.23. The van der Waals surface area contributed by atoms with Crippen molar-refractivity contribution in [3.63, 3.8) is 0 Å². The Hall–Kier alpha value is -2.21. The fraction of sp³-hybridized carbons (Fsp3) is 0.200. The zero-order valence-corrected chi connectivity index (χ0v) is 11.9. The summed E-state index contributed by atoms with van der Waals surface area (Å²) in [6, 6.07) is 9.99. The van der Waals surface area contributed by atoms with E-state index in [9.17, 15) is 9.18 Å². The third kappa shape index (κ3) is 3.28. The number of nitrogens with one attached hydrogen (secondary N) is 1. The normalized spacial score (nSPS) is 17.2. The number of nitrogens with zero attached hydrogens (tertiary/aromatic N) is 1. The van der Waals surface area contributed by atoms with Crippen LogP contribution in [0.4, 0.5) is 4.39 Å². The Morgan fingerprint density at radius 3 is 3.10 bits per heavy atom. The van der Waals surface area contributed by atoms with Crippen LogP contribution in [0.1, 0.15) is 16.9 Å². The van der Waals surface area contributed by atoms with Crippen molar-refractivity contribution in [3.05, 3.63) is 58.0 Å². The molecule has 0 fully saturated rings. The summed E-state index contributed by atoms with van der Waals surface area (Å²) in [5, 5.41) is 8.65. The highest BCUT2D eigenvalue weighted by atomic mass is 32.1. The summed E-state index contributed by atoms with van der Waals surface area (Å²) in [6.07, 6.45) is -0.303. The van der Waals surface area contributed by atoms with E-state index in [4.69, 9.17) is 4.84 Å². The second-order valence-corrected chi connectivity index (χ2v) is 5.68. The van der Waals surface area contributed by atoms with Gasteiger partial charge in [-0.3, -0.25) is 4.79 Å². The van der Waals surface area contributed by atoms with E-state index in [1.165, 1.54) is 12.1 Å². The van der Waals surface area contributed by atoms with Crippen molar-refractivity contribution in [2.45, 2.75) is 19.1 Å². The molecule has 0 saturated heterocycles. The third-order valence-electron chi connectivity index (χ3n) is 3.14. The Balaban J connectivity index is 1.57. The van der Waals surface area contributed by atoms with Gasteiger partial charge in [0.2, 0.25) is 6.10 Å². The average Bonchev–Trinajstić information content (AvgIpc) is 3.16. The van der Waals surface area contributed by atoms with Gasteiger partial charge in [-0.15, -0.1) is 11.3 Å². The second kappa shape index (κ2) is 6.05. The van der Waals surface area contributed by atoms with E-state index >= 15 is 0 Å². The standard InChI is InChI=1S/C15H13FN2O2S/c16-11-4-1-3-10(7-11)13-8-14(20-18-13)15(19)17-9-12-5-2-6-21-12/h1-7,14H,8-9H2,(H,17,19). The summed E-state index contributed by atoms with van der Waals surface area (Å²) < 4.78 is 13.2. The quantitative estimate of drug-likeness (QED) is 0.944. The van der Waals surface area contributed by atoms with Crippen molar-refractivity contribution >= 4 is 23.0 Å². The largest absolute Gasteiger partial charge is 0.382 e. The maximum atomic E-state index is 13.2. The Bertz CT molecular complexity index is 670. The lowest BCUT2D eigenvalue weighted by Gasteiger charge is -2.08. The van der Waals surface area contributed by atoms with Crippen LogP contribution in [-0.2, 0) is 16.2 Å². The summed E-state index contributed by atoms with van der Waals surface area (Å²) in [7, 11) is 0. The van der Waals surface area contributed by atoms with Gasteiger partial charge in [0, 0.05) is 16.9 Å². The lowest BCUT2D eigenvalue weighted by Crippen LogP contribution is -2.34. The van der Waals surface area contributed by atoms with Crippen molar-refractivity contribution in [3.8, 4) is 0 Å². The molecule has 108 valence electrons.